The second-order valence-electron chi connectivity index (χ2n) is 3.60. The molecule has 1 atom stereocenters. The van der Waals surface area contributed by atoms with Crippen LogP contribution in [-0.2, 0) is 19.2 Å². The average molecular weight is 272 g/mol. The first-order chi connectivity index (χ1) is 9.06. The molecule has 0 radical (unpaired) electrons. The van der Waals surface area contributed by atoms with Crippen molar-refractivity contribution in [1.29, 1.82) is 0 Å². The van der Waals surface area contributed by atoms with Gasteiger partial charge in [0.1, 0.15) is 12.3 Å². The number of carbonyl (C=O) groups is 3. The lowest BCUT2D eigenvalue weighted by atomic mass is 10.2. The third-order valence-electron chi connectivity index (χ3n) is 2.27. The van der Waals surface area contributed by atoms with Crippen LogP contribution in [0.4, 0.5) is 0 Å². The third kappa shape index (κ3) is 7.02. The summed E-state index contributed by atoms with van der Waals surface area (Å²) in [5.74, 6) is -1.48. The lowest BCUT2D eigenvalue weighted by molar-refractivity contribution is -0.188. The Morgan fingerprint density at radius 3 is 2.68 bits per heavy atom. The van der Waals surface area contributed by atoms with E-state index in [1.165, 1.54) is 7.11 Å². The summed E-state index contributed by atoms with van der Waals surface area (Å²) in [6, 6.07) is -0.854. The number of aliphatic carboxylic acids is 1. The van der Waals surface area contributed by atoms with Crippen molar-refractivity contribution in [2.24, 2.45) is 5.11 Å². The van der Waals surface area contributed by atoms with Crippen LogP contribution >= 0.6 is 0 Å². The van der Waals surface area contributed by atoms with Gasteiger partial charge < -0.3 is 9.90 Å². The Morgan fingerprint density at radius 1 is 1.53 bits per heavy atom. The largest absolute Gasteiger partial charge is 0.481 e. The minimum atomic E-state index is -0.993. The van der Waals surface area contributed by atoms with Gasteiger partial charge in [-0.15, -0.1) is 0 Å². The molecule has 9 heteroatoms. The fourth-order valence-electron chi connectivity index (χ4n) is 1.40. The SMILES string of the molecule is CON(C(=O)CCCC(=O)O)C(C=O)CCN=[N+]=[N-]. The van der Waals surface area contributed by atoms with E-state index in [1.807, 2.05) is 0 Å². The first-order valence-electron chi connectivity index (χ1n) is 5.61. The van der Waals surface area contributed by atoms with Crippen LogP contribution in [0.3, 0.4) is 0 Å². The van der Waals surface area contributed by atoms with Crippen molar-refractivity contribution >= 4 is 18.2 Å². The number of nitrogens with zero attached hydrogens (tertiary/aromatic N) is 4. The quantitative estimate of drug-likeness (QED) is 0.207. The molecule has 106 valence electrons. The van der Waals surface area contributed by atoms with Gasteiger partial charge in [0.25, 0.3) is 0 Å². The maximum Gasteiger partial charge on any atom is 0.303 e. The van der Waals surface area contributed by atoms with Crippen LogP contribution in [0.25, 0.3) is 10.4 Å². The maximum absolute atomic E-state index is 11.7. The zero-order chi connectivity index (χ0) is 14.7. The topological polar surface area (TPSA) is 133 Å². The number of amides is 1. The number of hydrogen-bond acceptors (Lipinski definition) is 5. The van der Waals surface area contributed by atoms with Gasteiger partial charge in [-0.1, -0.05) is 5.11 Å². The summed E-state index contributed by atoms with van der Waals surface area (Å²) < 4.78 is 0. The molecular formula is C10H16N4O5. The molecule has 1 unspecified atom stereocenters. The molecule has 0 bridgehead atoms. The lowest BCUT2D eigenvalue weighted by Crippen LogP contribution is -2.40. The summed E-state index contributed by atoms with van der Waals surface area (Å²) in [4.78, 5) is 40.3. The van der Waals surface area contributed by atoms with E-state index in [1.54, 1.807) is 0 Å². The molecule has 0 saturated carbocycles. The molecule has 0 heterocycles. The zero-order valence-corrected chi connectivity index (χ0v) is 10.6. The highest BCUT2D eigenvalue weighted by molar-refractivity contribution is 5.79. The van der Waals surface area contributed by atoms with E-state index in [0.29, 0.717) is 6.29 Å². The minimum Gasteiger partial charge on any atom is -0.481 e. The number of hydrogen-bond donors (Lipinski definition) is 1. The standard InChI is InChI=1S/C10H16N4O5/c1-19-14(8(7-15)5-6-12-13-11)9(16)3-2-4-10(17)18/h7-8H,2-6H2,1H3,(H,17,18). The fraction of sp³-hybridized carbons (Fsp3) is 0.700. The molecule has 0 rings (SSSR count). The molecule has 0 saturated heterocycles. The monoisotopic (exact) mass is 272 g/mol. The molecule has 0 spiro atoms. The predicted octanol–water partition coefficient (Wildman–Crippen LogP) is 0.899. The highest BCUT2D eigenvalue weighted by Crippen LogP contribution is 2.08. The van der Waals surface area contributed by atoms with Gasteiger partial charge in [-0.05, 0) is 18.4 Å². The summed E-state index contributed by atoms with van der Waals surface area (Å²) in [5, 5.41) is 12.6. The Morgan fingerprint density at radius 2 is 2.21 bits per heavy atom. The summed E-state index contributed by atoms with van der Waals surface area (Å²) in [6.45, 7) is 0.0577. The van der Waals surface area contributed by atoms with E-state index in [-0.39, 0.29) is 32.2 Å². The Hall–Kier alpha value is -2.12. The van der Waals surface area contributed by atoms with Crippen molar-refractivity contribution in [2.45, 2.75) is 31.7 Å². The van der Waals surface area contributed by atoms with Crippen LogP contribution in [-0.4, -0.2) is 48.0 Å². The summed E-state index contributed by atoms with van der Waals surface area (Å²) in [5.41, 5.74) is 8.13. The summed E-state index contributed by atoms with van der Waals surface area (Å²) in [7, 11) is 1.24. The van der Waals surface area contributed by atoms with E-state index in [2.05, 4.69) is 10.0 Å². The molecule has 1 N–H and O–H groups in total. The average Bonchev–Trinajstić information content (AvgIpc) is 2.37. The summed E-state index contributed by atoms with van der Waals surface area (Å²) >= 11 is 0. The molecular weight excluding hydrogens is 256 g/mol. The second kappa shape index (κ2) is 9.86. The zero-order valence-electron chi connectivity index (χ0n) is 10.6. The van der Waals surface area contributed by atoms with Gasteiger partial charge in [-0.2, -0.15) is 0 Å². The van der Waals surface area contributed by atoms with Gasteiger partial charge >= 0.3 is 5.97 Å². The molecule has 19 heavy (non-hydrogen) atoms. The molecule has 0 aromatic rings. The van der Waals surface area contributed by atoms with E-state index < -0.39 is 17.9 Å². The van der Waals surface area contributed by atoms with Crippen molar-refractivity contribution < 1.29 is 24.3 Å². The van der Waals surface area contributed by atoms with Crippen molar-refractivity contribution in [3.8, 4) is 0 Å². The Labute approximate surface area is 109 Å². The lowest BCUT2D eigenvalue weighted by Gasteiger charge is -2.25. The second-order valence-corrected chi connectivity index (χ2v) is 3.60. The molecule has 0 fully saturated rings. The molecule has 9 nitrogen and oxygen atoms in total. The Kier molecular flexibility index (Phi) is 8.76. The number of hydroxylamine groups is 2. The van der Waals surface area contributed by atoms with Crippen molar-refractivity contribution in [1.82, 2.24) is 5.06 Å². The van der Waals surface area contributed by atoms with Gasteiger partial charge in [-0.3, -0.25) is 14.4 Å². The predicted molar refractivity (Wildman–Crippen MR) is 63.8 cm³/mol. The number of carboxylic acids is 1. The van der Waals surface area contributed by atoms with Crippen LogP contribution in [0, 0.1) is 0 Å². The summed E-state index contributed by atoms with van der Waals surface area (Å²) in [6.07, 6.45) is 0.660. The molecule has 0 aliphatic carbocycles. The van der Waals surface area contributed by atoms with Crippen LogP contribution in [0.1, 0.15) is 25.7 Å². The van der Waals surface area contributed by atoms with Crippen LogP contribution in [0.2, 0.25) is 0 Å². The van der Waals surface area contributed by atoms with Gasteiger partial charge in [0.05, 0.1) is 7.11 Å². The van der Waals surface area contributed by atoms with Crippen molar-refractivity contribution in [2.75, 3.05) is 13.7 Å². The normalized spacial score (nSPS) is 11.2. The van der Waals surface area contributed by atoms with E-state index in [4.69, 9.17) is 15.5 Å². The molecule has 1 amide bonds. The fourth-order valence-corrected chi connectivity index (χ4v) is 1.40. The van der Waals surface area contributed by atoms with Crippen LogP contribution in [0.15, 0.2) is 5.11 Å². The number of carboxylic acid groups (broad SMARTS) is 1. The number of azide groups is 1. The minimum absolute atomic E-state index is 0.0357. The first-order valence-corrected chi connectivity index (χ1v) is 5.61. The molecule has 0 aromatic heterocycles. The number of aldehydes is 1. The molecule has 0 aromatic carbocycles. The Balaban J connectivity index is 4.40. The number of rotatable bonds is 10. The van der Waals surface area contributed by atoms with E-state index in [9.17, 15) is 14.4 Å². The highest BCUT2D eigenvalue weighted by atomic mass is 16.7. The first kappa shape index (κ1) is 16.9. The van der Waals surface area contributed by atoms with E-state index >= 15 is 0 Å². The Bertz CT molecular complexity index is 367. The van der Waals surface area contributed by atoms with Gasteiger partial charge in [0.15, 0.2) is 0 Å². The van der Waals surface area contributed by atoms with Crippen molar-refractivity contribution in [3.05, 3.63) is 10.4 Å². The van der Waals surface area contributed by atoms with Gasteiger partial charge in [-0.25, -0.2) is 5.06 Å². The highest BCUT2D eigenvalue weighted by Gasteiger charge is 2.22. The van der Waals surface area contributed by atoms with Crippen LogP contribution in [0.5, 0.6) is 0 Å². The maximum atomic E-state index is 11.7. The molecule has 0 aliphatic rings. The smallest absolute Gasteiger partial charge is 0.303 e. The van der Waals surface area contributed by atoms with E-state index in [0.717, 1.165) is 5.06 Å². The van der Waals surface area contributed by atoms with Crippen molar-refractivity contribution in [3.63, 3.8) is 0 Å². The van der Waals surface area contributed by atoms with Gasteiger partial charge in [0.2, 0.25) is 5.91 Å². The third-order valence-corrected chi connectivity index (χ3v) is 2.27. The molecule has 0 aliphatic heterocycles. The van der Waals surface area contributed by atoms with Gasteiger partial charge in [0, 0.05) is 24.3 Å². The van der Waals surface area contributed by atoms with Crippen LogP contribution < -0.4 is 0 Å². The number of carbonyl (C=O) groups excluding carboxylic acids is 2.